The minimum atomic E-state index is -0.735. The second kappa shape index (κ2) is 3.44. The first-order chi connectivity index (χ1) is 6.52. The SMILES string of the molecule is CC(C)CC12C[C@@H](F)CN1C[C@H](F)C2. The van der Waals surface area contributed by atoms with Crippen LogP contribution >= 0.6 is 0 Å². The van der Waals surface area contributed by atoms with Crippen molar-refractivity contribution < 1.29 is 8.78 Å². The molecule has 0 N–H and O–H groups in total. The van der Waals surface area contributed by atoms with Crippen LogP contribution in [0.4, 0.5) is 8.78 Å². The summed E-state index contributed by atoms with van der Waals surface area (Å²) >= 11 is 0. The summed E-state index contributed by atoms with van der Waals surface area (Å²) in [4.78, 5) is 2.04. The molecule has 0 saturated carbocycles. The summed E-state index contributed by atoms with van der Waals surface area (Å²) < 4.78 is 26.6. The second-order valence-electron chi connectivity index (χ2n) is 5.33. The Labute approximate surface area is 84.5 Å². The fourth-order valence-electron chi connectivity index (χ4n) is 3.29. The van der Waals surface area contributed by atoms with E-state index < -0.39 is 12.3 Å². The lowest BCUT2D eigenvalue weighted by Gasteiger charge is -2.32. The molecule has 2 atom stereocenters. The summed E-state index contributed by atoms with van der Waals surface area (Å²) in [7, 11) is 0. The molecule has 2 aliphatic heterocycles. The van der Waals surface area contributed by atoms with Gasteiger partial charge in [0, 0.05) is 18.6 Å². The Hall–Kier alpha value is -0.180. The molecule has 0 aromatic carbocycles. The van der Waals surface area contributed by atoms with Crippen molar-refractivity contribution in [1.82, 2.24) is 4.90 Å². The van der Waals surface area contributed by atoms with Crippen LogP contribution in [0.1, 0.15) is 33.1 Å². The summed E-state index contributed by atoms with van der Waals surface area (Å²) in [5.74, 6) is 0.521. The van der Waals surface area contributed by atoms with E-state index in [1.165, 1.54) is 0 Å². The normalized spacial score (nSPS) is 36.6. The molecule has 14 heavy (non-hydrogen) atoms. The van der Waals surface area contributed by atoms with Gasteiger partial charge in [-0.3, -0.25) is 4.90 Å². The predicted octanol–water partition coefficient (Wildman–Crippen LogP) is 2.56. The first kappa shape index (κ1) is 10.3. The Balaban J connectivity index is 2.12. The third-order valence-electron chi connectivity index (χ3n) is 3.50. The molecule has 0 bridgehead atoms. The topological polar surface area (TPSA) is 3.24 Å². The average Bonchev–Trinajstić information content (AvgIpc) is 2.36. The monoisotopic (exact) mass is 203 g/mol. The van der Waals surface area contributed by atoms with Crippen molar-refractivity contribution in [1.29, 1.82) is 0 Å². The van der Waals surface area contributed by atoms with Crippen molar-refractivity contribution in [3.05, 3.63) is 0 Å². The van der Waals surface area contributed by atoms with Gasteiger partial charge >= 0.3 is 0 Å². The van der Waals surface area contributed by atoms with E-state index in [1.807, 2.05) is 4.90 Å². The van der Waals surface area contributed by atoms with Crippen LogP contribution in [0.15, 0.2) is 0 Å². The van der Waals surface area contributed by atoms with Gasteiger partial charge in [0.15, 0.2) is 0 Å². The lowest BCUT2D eigenvalue weighted by atomic mass is 9.84. The fraction of sp³-hybridized carbons (Fsp3) is 1.00. The molecular formula is C11H19F2N. The van der Waals surface area contributed by atoms with E-state index in [2.05, 4.69) is 13.8 Å². The van der Waals surface area contributed by atoms with E-state index in [-0.39, 0.29) is 5.54 Å². The Morgan fingerprint density at radius 3 is 2.14 bits per heavy atom. The van der Waals surface area contributed by atoms with E-state index in [0.29, 0.717) is 31.8 Å². The minimum absolute atomic E-state index is 0.146. The molecule has 82 valence electrons. The van der Waals surface area contributed by atoms with E-state index in [0.717, 1.165) is 6.42 Å². The van der Waals surface area contributed by atoms with Gasteiger partial charge in [-0.25, -0.2) is 8.78 Å². The van der Waals surface area contributed by atoms with Crippen LogP contribution in [0, 0.1) is 5.92 Å². The molecule has 3 heteroatoms. The van der Waals surface area contributed by atoms with Gasteiger partial charge in [0.05, 0.1) is 0 Å². The van der Waals surface area contributed by atoms with E-state index in [9.17, 15) is 8.78 Å². The molecule has 0 radical (unpaired) electrons. The van der Waals surface area contributed by atoms with Gasteiger partial charge in [0.25, 0.3) is 0 Å². The maximum absolute atomic E-state index is 13.3. The minimum Gasteiger partial charge on any atom is -0.292 e. The molecule has 2 saturated heterocycles. The third-order valence-corrected chi connectivity index (χ3v) is 3.50. The molecule has 1 nitrogen and oxygen atoms in total. The first-order valence-corrected chi connectivity index (χ1v) is 5.55. The smallest absolute Gasteiger partial charge is 0.115 e. The van der Waals surface area contributed by atoms with Crippen LogP contribution in [0.2, 0.25) is 0 Å². The highest BCUT2D eigenvalue weighted by molar-refractivity contribution is 5.06. The summed E-state index contributed by atoms with van der Waals surface area (Å²) in [6, 6.07) is 0. The number of halogens is 2. The molecule has 0 aromatic heterocycles. The lowest BCUT2D eigenvalue weighted by Crippen LogP contribution is -2.39. The molecule has 0 amide bonds. The van der Waals surface area contributed by atoms with Crippen molar-refractivity contribution in [2.75, 3.05) is 13.1 Å². The zero-order chi connectivity index (χ0) is 10.3. The lowest BCUT2D eigenvalue weighted by molar-refractivity contribution is 0.163. The number of fused-ring (bicyclic) bond motifs is 1. The van der Waals surface area contributed by atoms with Crippen molar-refractivity contribution in [2.24, 2.45) is 5.92 Å². The number of hydrogen-bond donors (Lipinski definition) is 0. The van der Waals surface area contributed by atoms with Crippen molar-refractivity contribution >= 4 is 0 Å². The molecule has 2 heterocycles. The highest BCUT2D eigenvalue weighted by Gasteiger charge is 2.52. The van der Waals surface area contributed by atoms with Crippen molar-refractivity contribution in [3.8, 4) is 0 Å². The maximum atomic E-state index is 13.3. The zero-order valence-corrected chi connectivity index (χ0v) is 8.97. The number of hydrogen-bond acceptors (Lipinski definition) is 1. The second-order valence-corrected chi connectivity index (χ2v) is 5.33. The van der Waals surface area contributed by atoms with Crippen LogP contribution in [0.3, 0.4) is 0 Å². The predicted molar refractivity (Wildman–Crippen MR) is 52.8 cm³/mol. The van der Waals surface area contributed by atoms with E-state index >= 15 is 0 Å². The third kappa shape index (κ3) is 1.67. The van der Waals surface area contributed by atoms with Gasteiger partial charge in [-0.05, 0) is 25.2 Å². The van der Waals surface area contributed by atoms with Gasteiger partial charge in [-0.15, -0.1) is 0 Å². The first-order valence-electron chi connectivity index (χ1n) is 5.55. The maximum Gasteiger partial charge on any atom is 0.115 e. The van der Waals surface area contributed by atoms with Crippen LogP contribution < -0.4 is 0 Å². The van der Waals surface area contributed by atoms with Crippen LogP contribution in [-0.4, -0.2) is 35.9 Å². The summed E-state index contributed by atoms with van der Waals surface area (Å²) in [5.41, 5.74) is -0.146. The largest absolute Gasteiger partial charge is 0.292 e. The van der Waals surface area contributed by atoms with Gasteiger partial charge < -0.3 is 0 Å². The Morgan fingerprint density at radius 1 is 1.21 bits per heavy atom. The Bertz CT molecular complexity index is 203. The molecular weight excluding hydrogens is 184 g/mol. The highest BCUT2D eigenvalue weighted by Crippen LogP contribution is 2.44. The van der Waals surface area contributed by atoms with Crippen LogP contribution in [0.5, 0.6) is 0 Å². The standard InChI is InChI=1S/C11H19F2N/c1-8(2)3-11-4-9(12)6-14(11)7-10(13)5-11/h8-10H,3-7H2,1-2H3/t9-,10-/m1/s1. The average molecular weight is 203 g/mol. The number of rotatable bonds is 2. The molecule has 2 fully saturated rings. The van der Waals surface area contributed by atoms with Crippen LogP contribution in [0.25, 0.3) is 0 Å². The van der Waals surface area contributed by atoms with Gasteiger partial charge in [0.2, 0.25) is 0 Å². The van der Waals surface area contributed by atoms with Crippen molar-refractivity contribution in [2.45, 2.75) is 51.0 Å². The van der Waals surface area contributed by atoms with E-state index in [1.54, 1.807) is 0 Å². The zero-order valence-electron chi connectivity index (χ0n) is 8.97. The highest BCUT2D eigenvalue weighted by atomic mass is 19.1. The summed E-state index contributed by atoms with van der Waals surface area (Å²) in [5, 5.41) is 0. The van der Waals surface area contributed by atoms with Gasteiger partial charge in [-0.1, -0.05) is 13.8 Å². The molecule has 0 spiro atoms. The molecule has 0 unspecified atom stereocenters. The molecule has 2 aliphatic rings. The summed E-state index contributed by atoms with van der Waals surface area (Å²) in [6.07, 6.45) is 0.563. The Kier molecular flexibility index (Phi) is 2.54. The number of nitrogens with zero attached hydrogens (tertiary/aromatic N) is 1. The van der Waals surface area contributed by atoms with Crippen molar-refractivity contribution in [3.63, 3.8) is 0 Å². The van der Waals surface area contributed by atoms with Gasteiger partial charge in [-0.2, -0.15) is 0 Å². The fourth-order valence-corrected chi connectivity index (χ4v) is 3.29. The van der Waals surface area contributed by atoms with Gasteiger partial charge in [0.1, 0.15) is 12.3 Å². The van der Waals surface area contributed by atoms with E-state index in [4.69, 9.17) is 0 Å². The van der Waals surface area contributed by atoms with Crippen LogP contribution in [-0.2, 0) is 0 Å². The Morgan fingerprint density at radius 2 is 1.71 bits per heavy atom. The number of alkyl halides is 2. The summed E-state index contributed by atoms with van der Waals surface area (Å²) in [6.45, 7) is 5.16. The quantitative estimate of drug-likeness (QED) is 0.666. The molecule has 0 aromatic rings. The molecule has 2 rings (SSSR count). The molecule has 0 aliphatic carbocycles.